The van der Waals surface area contributed by atoms with E-state index < -0.39 is 71.8 Å². The van der Waals surface area contributed by atoms with Gasteiger partial charge in [0, 0.05) is 30.8 Å². The van der Waals surface area contributed by atoms with E-state index >= 15 is 0 Å². The van der Waals surface area contributed by atoms with E-state index in [0.717, 1.165) is 0 Å². The first-order valence-electron chi connectivity index (χ1n) is 14.8. The van der Waals surface area contributed by atoms with Gasteiger partial charge in [0.1, 0.15) is 17.8 Å². The predicted octanol–water partition coefficient (Wildman–Crippen LogP) is 0.633. The summed E-state index contributed by atoms with van der Waals surface area (Å²) < 4.78 is 18.3. The second kappa shape index (κ2) is 14.1. The van der Waals surface area contributed by atoms with E-state index in [1.807, 2.05) is 13.8 Å². The molecule has 0 aromatic rings. The van der Waals surface area contributed by atoms with Crippen molar-refractivity contribution in [1.82, 2.24) is 10.2 Å². The smallest absolute Gasteiger partial charge is 0.225 e. The zero-order valence-corrected chi connectivity index (χ0v) is 26.1. The van der Waals surface area contributed by atoms with Crippen LogP contribution in [-0.4, -0.2) is 123 Å². The number of hydrogen-bond acceptors (Lipinski definition) is 10. The van der Waals surface area contributed by atoms with Crippen molar-refractivity contribution in [3.63, 3.8) is 0 Å². The van der Waals surface area contributed by atoms with Crippen molar-refractivity contribution >= 4 is 5.91 Å². The number of carbonyl (C=O) groups excluding carboxylic acids is 1. The van der Waals surface area contributed by atoms with E-state index in [1.54, 1.807) is 48.7 Å². The van der Waals surface area contributed by atoms with Gasteiger partial charge < -0.3 is 50.0 Å². The molecule has 11 heteroatoms. The number of carbonyl (C=O) groups is 1. The highest BCUT2D eigenvalue weighted by molar-refractivity contribution is 5.78. The van der Waals surface area contributed by atoms with Gasteiger partial charge in [0.05, 0.1) is 42.7 Å². The van der Waals surface area contributed by atoms with Gasteiger partial charge in [0.2, 0.25) is 5.91 Å². The van der Waals surface area contributed by atoms with Crippen molar-refractivity contribution in [2.45, 2.75) is 141 Å². The molecule has 2 saturated heterocycles. The molecule has 2 aliphatic heterocycles. The van der Waals surface area contributed by atoms with Crippen LogP contribution in [0.15, 0.2) is 0 Å². The third-order valence-corrected chi connectivity index (χ3v) is 9.25. The zero-order valence-electron chi connectivity index (χ0n) is 26.1. The van der Waals surface area contributed by atoms with Crippen molar-refractivity contribution in [1.29, 1.82) is 0 Å². The maximum atomic E-state index is 13.5. The highest BCUT2D eigenvalue weighted by Gasteiger charge is 2.49. The molecule has 0 saturated carbocycles. The molecule has 11 nitrogen and oxygen atoms in total. The van der Waals surface area contributed by atoms with Crippen LogP contribution < -0.4 is 5.32 Å². The van der Waals surface area contributed by atoms with Crippen molar-refractivity contribution in [2.75, 3.05) is 20.7 Å². The summed E-state index contributed by atoms with van der Waals surface area (Å²) in [5.41, 5.74) is -3.29. The number of rotatable bonds is 4. The van der Waals surface area contributed by atoms with E-state index in [1.165, 1.54) is 11.8 Å². The topological polar surface area (TPSA) is 161 Å². The third-order valence-electron chi connectivity index (χ3n) is 9.25. The van der Waals surface area contributed by atoms with E-state index in [0.29, 0.717) is 12.8 Å². The lowest BCUT2D eigenvalue weighted by atomic mass is 9.78. The summed E-state index contributed by atoms with van der Waals surface area (Å²) in [5, 5.41) is 59.8. The Hall–Kier alpha value is -0.890. The number of likely N-dealkylation sites (N-methyl/N-ethyl adjacent to an activating group) is 2. The van der Waals surface area contributed by atoms with Gasteiger partial charge in [-0.15, -0.1) is 0 Å². The van der Waals surface area contributed by atoms with Crippen molar-refractivity contribution in [2.24, 2.45) is 17.8 Å². The van der Waals surface area contributed by atoms with E-state index in [2.05, 4.69) is 5.32 Å². The van der Waals surface area contributed by atoms with Crippen molar-refractivity contribution in [3.8, 4) is 0 Å². The molecule has 0 aromatic carbocycles. The minimum absolute atomic E-state index is 0.0204. The summed E-state index contributed by atoms with van der Waals surface area (Å²) >= 11 is 0. The molecule has 40 heavy (non-hydrogen) atoms. The van der Waals surface area contributed by atoms with Gasteiger partial charge in [-0.3, -0.25) is 4.79 Å². The van der Waals surface area contributed by atoms with Crippen LogP contribution in [0, 0.1) is 17.8 Å². The molecule has 0 aromatic heterocycles. The normalized spacial score (nSPS) is 48.9. The fourth-order valence-electron chi connectivity index (χ4n) is 6.46. The van der Waals surface area contributed by atoms with E-state index in [-0.39, 0.29) is 31.1 Å². The molecule has 2 unspecified atom stereocenters. The molecule has 0 bridgehead atoms. The standard InChI is InChI=1S/C29H56N2O9/c1-11-21-29(8,37)24(34)19(6)31(10)26(35)15(2)13-28(7,36)25(18(5)22(32)16(3)14-38-21)40-27-23(33)20(30-9)12-17(4)39-27/h15-25,27,30,32-34,36-37H,11-14H2,1-10H3/t15-,16-,17-,18+,19-,20+,21?,22+,23-,24-,25-,27+,28-,29?/m1/s1. The van der Waals surface area contributed by atoms with Gasteiger partial charge in [0.25, 0.3) is 0 Å². The molecule has 2 aliphatic rings. The minimum atomic E-state index is -1.67. The van der Waals surface area contributed by atoms with Crippen LogP contribution in [0.3, 0.4) is 0 Å². The van der Waals surface area contributed by atoms with Gasteiger partial charge in [-0.05, 0) is 54.0 Å². The molecule has 2 fully saturated rings. The summed E-state index contributed by atoms with van der Waals surface area (Å²) in [6.45, 7) is 13.7. The van der Waals surface area contributed by atoms with Gasteiger partial charge in [-0.2, -0.15) is 0 Å². The average molecular weight is 577 g/mol. The number of aliphatic hydroxyl groups excluding tert-OH is 3. The minimum Gasteiger partial charge on any atom is -0.392 e. The van der Waals surface area contributed by atoms with Crippen molar-refractivity contribution < 1.29 is 44.5 Å². The van der Waals surface area contributed by atoms with Crippen LogP contribution in [0.4, 0.5) is 0 Å². The molecule has 0 aliphatic carbocycles. The Morgan fingerprint density at radius 2 is 1.68 bits per heavy atom. The molecule has 1 amide bonds. The van der Waals surface area contributed by atoms with Crippen LogP contribution in [0.1, 0.15) is 74.7 Å². The van der Waals surface area contributed by atoms with Crippen molar-refractivity contribution in [3.05, 3.63) is 0 Å². The van der Waals surface area contributed by atoms with Gasteiger partial charge in [0.15, 0.2) is 6.29 Å². The number of ether oxygens (including phenoxy) is 3. The molecule has 14 atom stereocenters. The summed E-state index contributed by atoms with van der Waals surface area (Å²) in [6.07, 6.45) is -5.46. The highest BCUT2D eigenvalue weighted by atomic mass is 16.7. The fourth-order valence-corrected chi connectivity index (χ4v) is 6.46. The van der Waals surface area contributed by atoms with Crippen LogP contribution in [0.5, 0.6) is 0 Å². The SMILES string of the molecule is CCC1OC[C@@H](C)[C@H](O)[C@H](C)[C@@H](O[C@@H]2O[C@H](C)C[C@H](NC)[C@H]2O)[C@](C)(O)C[C@@H](C)C(=O)N(C)[C@H](C)[C@@H](O)C1(C)O. The summed E-state index contributed by atoms with van der Waals surface area (Å²) in [4.78, 5) is 14.9. The second-order valence-electron chi connectivity index (χ2n) is 12.9. The van der Waals surface area contributed by atoms with Crippen LogP contribution >= 0.6 is 0 Å². The predicted molar refractivity (Wildman–Crippen MR) is 150 cm³/mol. The third kappa shape index (κ3) is 7.73. The Kier molecular flexibility index (Phi) is 12.4. The maximum absolute atomic E-state index is 13.5. The van der Waals surface area contributed by atoms with Crippen LogP contribution in [-0.2, 0) is 19.0 Å². The monoisotopic (exact) mass is 576 g/mol. The van der Waals surface area contributed by atoms with Gasteiger partial charge >= 0.3 is 0 Å². The lowest BCUT2D eigenvalue weighted by Crippen LogP contribution is -2.59. The zero-order chi connectivity index (χ0) is 30.7. The van der Waals surface area contributed by atoms with Gasteiger partial charge in [-0.1, -0.05) is 27.7 Å². The fraction of sp³-hybridized carbons (Fsp3) is 0.966. The molecular weight excluding hydrogens is 520 g/mol. The summed E-state index contributed by atoms with van der Waals surface area (Å²) in [5.74, 6) is -2.13. The number of nitrogens with one attached hydrogen (secondary N) is 1. The quantitative estimate of drug-likeness (QED) is 0.280. The maximum Gasteiger partial charge on any atom is 0.225 e. The molecule has 0 radical (unpaired) electrons. The first-order chi connectivity index (χ1) is 18.4. The molecule has 6 N–H and O–H groups in total. The molecule has 2 rings (SSSR count). The summed E-state index contributed by atoms with van der Waals surface area (Å²) in [7, 11) is 3.31. The second-order valence-corrected chi connectivity index (χ2v) is 12.9. The number of hydrogen-bond donors (Lipinski definition) is 6. The van der Waals surface area contributed by atoms with E-state index in [9.17, 15) is 30.3 Å². The summed E-state index contributed by atoms with van der Waals surface area (Å²) in [6, 6.07) is -1.04. The van der Waals surface area contributed by atoms with Crippen LogP contribution in [0.25, 0.3) is 0 Å². The number of nitrogens with zero attached hydrogens (tertiary/aromatic N) is 1. The Morgan fingerprint density at radius 1 is 1.07 bits per heavy atom. The Morgan fingerprint density at radius 3 is 2.23 bits per heavy atom. The lowest BCUT2D eigenvalue weighted by Gasteiger charge is -2.45. The van der Waals surface area contributed by atoms with Crippen LogP contribution in [0.2, 0.25) is 0 Å². The van der Waals surface area contributed by atoms with Gasteiger partial charge in [-0.25, -0.2) is 0 Å². The van der Waals surface area contributed by atoms with E-state index in [4.69, 9.17) is 14.2 Å². The lowest BCUT2D eigenvalue weighted by molar-refractivity contribution is -0.294. The highest BCUT2D eigenvalue weighted by Crippen LogP contribution is 2.36. The first-order valence-corrected chi connectivity index (χ1v) is 14.8. The largest absolute Gasteiger partial charge is 0.392 e. The number of amides is 1. The Balaban J connectivity index is 2.51. The molecule has 2 heterocycles. The average Bonchev–Trinajstić information content (AvgIpc) is 2.89. The first kappa shape index (κ1) is 35.3. The molecule has 0 spiro atoms. The Bertz CT molecular complexity index is 812. The number of aliphatic hydroxyl groups is 5. The Labute approximate surface area is 240 Å². The molecular formula is C29H56N2O9. The molecule has 236 valence electrons.